The lowest BCUT2D eigenvalue weighted by Crippen LogP contribution is -2.21. The second-order valence-corrected chi connectivity index (χ2v) is 5.18. The number of Topliss-reactive ketones (excluding diaryl/α,β-unsaturated/α-hetero) is 1. The van der Waals surface area contributed by atoms with Gasteiger partial charge in [-0.25, -0.2) is 13.9 Å². The Morgan fingerprint density at radius 3 is 2.89 bits per heavy atom. The van der Waals surface area contributed by atoms with Crippen LogP contribution in [-0.2, 0) is 0 Å². The van der Waals surface area contributed by atoms with E-state index in [1.165, 1.54) is 16.5 Å². The van der Waals surface area contributed by atoms with Crippen LogP contribution in [-0.4, -0.2) is 19.7 Å². The topological polar surface area (TPSA) is 47.8 Å². The average Bonchev–Trinajstić information content (AvgIpc) is 2.67. The van der Waals surface area contributed by atoms with Gasteiger partial charge in [-0.2, -0.15) is 0 Å². The number of rotatable bonds is 3. The highest BCUT2D eigenvalue weighted by Crippen LogP contribution is 2.35. The summed E-state index contributed by atoms with van der Waals surface area (Å²) in [6.45, 7) is 0. The van der Waals surface area contributed by atoms with Crippen LogP contribution in [0.2, 0.25) is 5.15 Å². The van der Waals surface area contributed by atoms with Crippen LogP contribution in [0, 0.1) is 5.92 Å². The number of fused-ring (bicyclic) bond motifs is 1. The van der Waals surface area contributed by atoms with Crippen molar-refractivity contribution in [2.24, 2.45) is 5.92 Å². The first-order valence-electron chi connectivity index (χ1n) is 5.57. The molecule has 0 radical (unpaired) electrons. The molecule has 18 heavy (non-hydrogen) atoms. The number of hydrogen-bond donors (Lipinski definition) is 0. The Hall–Kier alpha value is -1.14. The number of aromatic nitrogens is 3. The van der Waals surface area contributed by atoms with E-state index < -0.39 is 0 Å². The summed E-state index contributed by atoms with van der Waals surface area (Å²) in [5, 5.41) is 0.636. The Morgan fingerprint density at radius 2 is 2.28 bits per heavy atom. The molecule has 2 aromatic rings. The maximum Gasteiger partial charge on any atom is 0.171 e. The molecule has 3 rings (SSSR count). The molecule has 0 spiro atoms. The van der Waals surface area contributed by atoms with E-state index in [0.29, 0.717) is 16.6 Å². The summed E-state index contributed by atoms with van der Waals surface area (Å²) in [6.07, 6.45) is 5.56. The van der Waals surface area contributed by atoms with Gasteiger partial charge >= 0.3 is 0 Å². The van der Waals surface area contributed by atoms with Gasteiger partial charge in [-0.3, -0.25) is 4.79 Å². The fourth-order valence-electron chi connectivity index (χ4n) is 2.13. The minimum atomic E-state index is -0.00191. The Kier molecular flexibility index (Phi) is 2.99. The summed E-state index contributed by atoms with van der Waals surface area (Å²) in [5.41, 5.74) is 0.760. The van der Waals surface area contributed by atoms with Gasteiger partial charge in [-0.15, -0.1) is 3.89 Å². The molecule has 0 saturated heterocycles. The van der Waals surface area contributed by atoms with Gasteiger partial charge in [0.05, 0.1) is 5.39 Å². The van der Waals surface area contributed by atoms with E-state index in [0.717, 1.165) is 19.3 Å². The summed E-state index contributed by atoms with van der Waals surface area (Å²) < 4.78 is 14.0. The van der Waals surface area contributed by atoms with Crippen LogP contribution in [0.3, 0.4) is 0 Å². The van der Waals surface area contributed by atoms with Crippen LogP contribution in [0.15, 0.2) is 12.5 Å². The molecule has 0 aliphatic heterocycles. The zero-order valence-corrected chi connectivity index (χ0v) is 10.8. The molecular weight excluding hydrogens is 277 g/mol. The number of hydrogen-bond acceptors (Lipinski definition) is 4. The van der Waals surface area contributed by atoms with E-state index in [9.17, 15) is 8.68 Å². The lowest BCUT2D eigenvalue weighted by molar-refractivity contribution is 0.0857. The van der Waals surface area contributed by atoms with E-state index in [1.807, 2.05) is 0 Å². The van der Waals surface area contributed by atoms with Crippen LogP contribution in [0.5, 0.6) is 0 Å². The van der Waals surface area contributed by atoms with Gasteiger partial charge in [-0.1, -0.05) is 18.0 Å². The summed E-state index contributed by atoms with van der Waals surface area (Å²) >= 11 is 5.99. The second kappa shape index (κ2) is 4.51. The molecule has 2 aromatic heterocycles. The van der Waals surface area contributed by atoms with Crippen molar-refractivity contribution < 1.29 is 8.68 Å². The van der Waals surface area contributed by atoms with Crippen molar-refractivity contribution in [1.82, 2.24) is 13.9 Å². The normalized spacial score (nSPS) is 15.9. The van der Waals surface area contributed by atoms with E-state index >= 15 is 0 Å². The summed E-state index contributed by atoms with van der Waals surface area (Å²) in [5.74, 6) is 0.0423. The molecule has 7 heteroatoms. The van der Waals surface area contributed by atoms with Gasteiger partial charge in [0.2, 0.25) is 0 Å². The molecule has 0 bridgehead atoms. The van der Waals surface area contributed by atoms with Gasteiger partial charge < -0.3 is 0 Å². The number of nitrogens with zero attached hydrogens (tertiary/aromatic N) is 3. The molecular formula is C11H9ClFN3OS. The maximum absolute atomic E-state index is 12.8. The Labute approximate surface area is 112 Å². The molecule has 1 aliphatic carbocycles. The van der Waals surface area contributed by atoms with Crippen molar-refractivity contribution in [2.45, 2.75) is 19.3 Å². The highest BCUT2D eigenvalue weighted by atomic mass is 35.5. The van der Waals surface area contributed by atoms with E-state index in [2.05, 4.69) is 9.97 Å². The van der Waals surface area contributed by atoms with Crippen molar-refractivity contribution in [1.29, 1.82) is 0 Å². The van der Waals surface area contributed by atoms with Crippen molar-refractivity contribution >= 4 is 40.8 Å². The third kappa shape index (κ3) is 1.71. The molecule has 0 amide bonds. The zero-order chi connectivity index (χ0) is 12.7. The van der Waals surface area contributed by atoms with Gasteiger partial charge in [-0.05, 0) is 12.8 Å². The highest BCUT2D eigenvalue weighted by molar-refractivity contribution is 7.92. The van der Waals surface area contributed by atoms with Crippen LogP contribution in [0.4, 0.5) is 3.89 Å². The zero-order valence-electron chi connectivity index (χ0n) is 9.27. The van der Waals surface area contributed by atoms with Crippen LogP contribution in [0.1, 0.15) is 29.6 Å². The van der Waals surface area contributed by atoms with E-state index in [4.69, 9.17) is 11.6 Å². The summed E-state index contributed by atoms with van der Waals surface area (Å²) in [6, 6.07) is 0. The monoisotopic (exact) mass is 285 g/mol. The molecule has 0 unspecified atom stereocenters. The summed E-state index contributed by atoms with van der Waals surface area (Å²) in [7, 11) is 0. The van der Waals surface area contributed by atoms with Gasteiger partial charge in [0.15, 0.2) is 23.8 Å². The maximum atomic E-state index is 12.8. The number of carbonyl (C=O) groups is 1. The third-order valence-corrected chi connectivity index (χ3v) is 4.03. The third-order valence-electron chi connectivity index (χ3n) is 3.32. The number of halogens is 2. The summed E-state index contributed by atoms with van der Waals surface area (Å²) in [4.78, 5) is 20.1. The van der Waals surface area contributed by atoms with Crippen molar-refractivity contribution in [3.05, 3.63) is 23.2 Å². The van der Waals surface area contributed by atoms with Crippen molar-refractivity contribution in [3.8, 4) is 0 Å². The van der Waals surface area contributed by atoms with Crippen molar-refractivity contribution in [2.75, 3.05) is 0 Å². The average molecular weight is 286 g/mol. The molecule has 94 valence electrons. The minimum absolute atomic E-state index is 0.00191. The van der Waals surface area contributed by atoms with Crippen LogP contribution < -0.4 is 0 Å². The van der Waals surface area contributed by atoms with Gasteiger partial charge in [0.25, 0.3) is 0 Å². The first-order chi connectivity index (χ1) is 8.72. The first-order valence-corrected chi connectivity index (χ1v) is 6.62. The fraction of sp³-hybridized carbons (Fsp3) is 0.364. The number of carbonyl (C=O) groups excluding carboxylic acids is 1. The lowest BCUT2D eigenvalue weighted by Gasteiger charge is -2.23. The first kappa shape index (κ1) is 11.9. The lowest BCUT2D eigenvalue weighted by atomic mass is 9.80. The van der Waals surface area contributed by atoms with Crippen LogP contribution in [0.25, 0.3) is 11.0 Å². The standard InChI is InChI=1S/C11H9ClFN3OS/c12-10-8-7(9(17)6-2-1-3-6)4-16(18-13)11(8)15-5-14-10/h4-6H,1-3H2. The van der Waals surface area contributed by atoms with E-state index in [-0.39, 0.29) is 29.2 Å². The predicted molar refractivity (Wildman–Crippen MR) is 68.3 cm³/mol. The molecule has 1 fully saturated rings. The molecule has 0 atom stereocenters. The minimum Gasteiger partial charge on any atom is -0.294 e. The Bertz CT molecular complexity index is 626. The van der Waals surface area contributed by atoms with Gasteiger partial charge in [0, 0.05) is 17.7 Å². The number of ketones is 1. The van der Waals surface area contributed by atoms with Crippen molar-refractivity contribution in [3.63, 3.8) is 0 Å². The quantitative estimate of drug-likeness (QED) is 0.640. The predicted octanol–water partition coefficient (Wildman–Crippen LogP) is 3.45. The smallest absolute Gasteiger partial charge is 0.171 e. The van der Waals surface area contributed by atoms with Gasteiger partial charge in [0.1, 0.15) is 11.5 Å². The molecule has 0 N–H and O–H groups in total. The van der Waals surface area contributed by atoms with Crippen LogP contribution >= 0.6 is 23.9 Å². The molecule has 4 nitrogen and oxygen atoms in total. The largest absolute Gasteiger partial charge is 0.294 e. The molecule has 2 heterocycles. The molecule has 0 aromatic carbocycles. The second-order valence-electron chi connectivity index (χ2n) is 4.29. The Balaban J connectivity index is 2.18. The fourth-order valence-corrected chi connectivity index (χ4v) is 2.71. The molecule has 1 saturated carbocycles. The Morgan fingerprint density at radius 1 is 1.50 bits per heavy atom. The highest BCUT2D eigenvalue weighted by Gasteiger charge is 2.30. The SMILES string of the molecule is O=C(c1cn(SF)c2ncnc(Cl)c12)C1CCC1. The molecule has 1 aliphatic rings. The van der Waals surface area contributed by atoms with E-state index in [1.54, 1.807) is 0 Å².